The molecule has 1 aromatic carbocycles. The molecule has 0 bridgehead atoms. The summed E-state index contributed by atoms with van der Waals surface area (Å²) in [6.07, 6.45) is 1.02. The predicted molar refractivity (Wildman–Crippen MR) is 75.0 cm³/mol. The zero-order chi connectivity index (χ0) is 15.4. The Morgan fingerprint density at radius 3 is 2.43 bits per heavy atom. The van der Waals surface area contributed by atoms with Gasteiger partial charge in [-0.25, -0.2) is 8.78 Å². The van der Waals surface area contributed by atoms with Gasteiger partial charge in [0.2, 0.25) is 0 Å². The standard InChI is InChI=1S/C15H20F2N2O2/c1-10(15(20)19-5-3-4-6-19)21-14-12(16)7-11(9-18-2)8-13(14)17/h7-8,10,18H,3-6,9H2,1-2H3. The Labute approximate surface area is 123 Å². The molecule has 1 unspecified atom stereocenters. The van der Waals surface area contributed by atoms with E-state index in [-0.39, 0.29) is 5.91 Å². The van der Waals surface area contributed by atoms with E-state index in [0.717, 1.165) is 12.8 Å². The number of carbonyl (C=O) groups is 1. The molecule has 1 amide bonds. The minimum Gasteiger partial charge on any atom is -0.475 e. The second kappa shape index (κ2) is 6.85. The van der Waals surface area contributed by atoms with E-state index in [0.29, 0.717) is 25.2 Å². The van der Waals surface area contributed by atoms with Crippen molar-refractivity contribution in [2.24, 2.45) is 0 Å². The predicted octanol–water partition coefficient (Wildman–Crippen LogP) is 2.07. The van der Waals surface area contributed by atoms with Crippen LogP contribution in [0, 0.1) is 11.6 Å². The van der Waals surface area contributed by atoms with E-state index in [1.165, 1.54) is 19.1 Å². The van der Waals surface area contributed by atoms with Gasteiger partial charge in [-0.1, -0.05) is 0 Å². The number of ether oxygens (including phenoxy) is 1. The number of nitrogens with zero attached hydrogens (tertiary/aromatic N) is 1. The summed E-state index contributed by atoms with van der Waals surface area (Å²) in [5, 5.41) is 2.82. The van der Waals surface area contributed by atoms with Gasteiger partial charge in [0, 0.05) is 19.6 Å². The maximum Gasteiger partial charge on any atom is 0.263 e. The Morgan fingerprint density at radius 1 is 1.33 bits per heavy atom. The lowest BCUT2D eigenvalue weighted by atomic mass is 10.2. The van der Waals surface area contributed by atoms with Crippen molar-refractivity contribution in [1.29, 1.82) is 0 Å². The Morgan fingerprint density at radius 2 is 1.90 bits per heavy atom. The molecular formula is C15H20F2N2O2. The van der Waals surface area contributed by atoms with Gasteiger partial charge in [0.15, 0.2) is 23.5 Å². The SMILES string of the molecule is CNCc1cc(F)c(OC(C)C(=O)N2CCCC2)c(F)c1. The van der Waals surface area contributed by atoms with Crippen molar-refractivity contribution in [3.05, 3.63) is 29.3 Å². The van der Waals surface area contributed by atoms with E-state index in [1.807, 2.05) is 0 Å². The molecule has 0 saturated carbocycles. The third-order valence-corrected chi connectivity index (χ3v) is 3.50. The van der Waals surface area contributed by atoms with Crippen LogP contribution in [0.2, 0.25) is 0 Å². The normalized spacial score (nSPS) is 16.1. The summed E-state index contributed by atoms with van der Waals surface area (Å²) in [4.78, 5) is 13.8. The first-order valence-electron chi connectivity index (χ1n) is 7.11. The molecule has 1 aliphatic heterocycles. The molecule has 1 atom stereocenters. The van der Waals surface area contributed by atoms with E-state index < -0.39 is 23.5 Å². The molecule has 1 saturated heterocycles. The van der Waals surface area contributed by atoms with Gasteiger partial charge < -0.3 is 15.0 Å². The fraction of sp³-hybridized carbons (Fsp3) is 0.533. The molecule has 21 heavy (non-hydrogen) atoms. The maximum atomic E-state index is 13.9. The molecule has 2 rings (SSSR count). The summed E-state index contributed by atoms with van der Waals surface area (Å²) in [5.41, 5.74) is 0.485. The molecule has 6 heteroatoms. The average Bonchev–Trinajstić information content (AvgIpc) is 2.96. The molecule has 4 nitrogen and oxygen atoms in total. The Balaban J connectivity index is 2.09. The molecule has 1 fully saturated rings. The second-order valence-electron chi connectivity index (χ2n) is 5.21. The highest BCUT2D eigenvalue weighted by molar-refractivity contribution is 5.81. The third-order valence-electron chi connectivity index (χ3n) is 3.50. The minimum absolute atomic E-state index is 0.231. The first-order chi connectivity index (χ1) is 10.0. The number of hydrogen-bond acceptors (Lipinski definition) is 3. The average molecular weight is 298 g/mol. The van der Waals surface area contributed by atoms with Gasteiger partial charge in [-0.2, -0.15) is 0 Å². The van der Waals surface area contributed by atoms with Gasteiger partial charge in [0.1, 0.15) is 0 Å². The van der Waals surface area contributed by atoms with Gasteiger partial charge in [0.25, 0.3) is 5.91 Å². The van der Waals surface area contributed by atoms with E-state index in [1.54, 1.807) is 11.9 Å². The van der Waals surface area contributed by atoms with Crippen molar-refractivity contribution >= 4 is 5.91 Å². The van der Waals surface area contributed by atoms with Gasteiger partial charge in [-0.3, -0.25) is 4.79 Å². The number of likely N-dealkylation sites (tertiary alicyclic amines) is 1. The van der Waals surface area contributed by atoms with Crippen LogP contribution in [-0.2, 0) is 11.3 Å². The second-order valence-corrected chi connectivity index (χ2v) is 5.21. The van der Waals surface area contributed by atoms with Crippen LogP contribution in [0.4, 0.5) is 8.78 Å². The lowest BCUT2D eigenvalue weighted by Gasteiger charge is -2.21. The van der Waals surface area contributed by atoms with Crippen molar-refractivity contribution in [2.75, 3.05) is 20.1 Å². The van der Waals surface area contributed by atoms with Crippen LogP contribution in [0.15, 0.2) is 12.1 Å². The van der Waals surface area contributed by atoms with E-state index in [4.69, 9.17) is 4.74 Å². The fourth-order valence-electron chi connectivity index (χ4n) is 2.45. The smallest absolute Gasteiger partial charge is 0.263 e. The van der Waals surface area contributed by atoms with Crippen molar-refractivity contribution in [1.82, 2.24) is 10.2 Å². The molecular weight excluding hydrogens is 278 g/mol. The lowest BCUT2D eigenvalue weighted by Crippen LogP contribution is -2.38. The number of rotatable bonds is 5. The van der Waals surface area contributed by atoms with Crippen LogP contribution in [0.1, 0.15) is 25.3 Å². The van der Waals surface area contributed by atoms with Crippen molar-refractivity contribution in [3.8, 4) is 5.75 Å². The summed E-state index contributed by atoms with van der Waals surface area (Å²) < 4.78 is 33.1. The topological polar surface area (TPSA) is 41.6 Å². The summed E-state index contributed by atoms with van der Waals surface area (Å²) in [6, 6.07) is 2.42. The van der Waals surface area contributed by atoms with E-state index in [9.17, 15) is 13.6 Å². The van der Waals surface area contributed by atoms with Crippen LogP contribution in [0.3, 0.4) is 0 Å². The van der Waals surface area contributed by atoms with E-state index in [2.05, 4.69) is 5.32 Å². The fourth-order valence-corrected chi connectivity index (χ4v) is 2.45. The Bertz CT molecular complexity index is 493. The number of halogens is 2. The molecule has 0 radical (unpaired) electrons. The molecule has 116 valence electrons. The highest BCUT2D eigenvalue weighted by Gasteiger charge is 2.26. The minimum atomic E-state index is -0.901. The molecule has 0 aromatic heterocycles. The van der Waals surface area contributed by atoms with Gasteiger partial charge in [-0.05, 0) is 44.5 Å². The first-order valence-corrected chi connectivity index (χ1v) is 7.11. The Kier molecular flexibility index (Phi) is 5.12. The molecule has 0 aliphatic carbocycles. The van der Waals surface area contributed by atoms with Crippen LogP contribution in [-0.4, -0.2) is 37.0 Å². The third kappa shape index (κ3) is 3.69. The molecule has 0 spiro atoms. The van der Waals surface area contributed by atoms with Crippen molar-refractivity contribution < 1.29 is 18.3 Å². The molecule has 1 aromatic rings. The summed E-state index contributed by atoms with van der Waals surface area (Å²) in [5.74, 6) is -2.30. The van der Waals surface area contributed by atoms with Gasteiger partial charge in [0.05, 0.1) is 0 Å². The number of nitrogens with one attached hydrogen (secondary N) is 1. The number of hydrogen-bond donors (Lipinski definition) is 1. The van der Waals surface area contributed by atoms with Crippen LogP contribution < -0.4 is 10.1 Å². The summed E-state index contributed by atoms with van der Waals surface area (Å²) in [7, 11) is 1.69. The largest absolute Gasteiger partial charge is 0.475 e. The molecule has 1 heterocycles. The zero-order valence-electron chi connectivity index (χ0n) is 12.3. The van der Waals surface area contributed by atoms with Crippen molar-refractivity contribution in [3.63, 3.8) is 0 Å². The monoisotopic (exact) mass is 298 g/mol. The van der Waals surface area contributed by atoms with Gasteiger partial charge >= 0.3 is 0 Å². The van der Waals surface area contributed by atoms with Crippen LogP contribution in [0.25, 0.3) is 0 Å². The number of benzene rings is 1. The summed E-state index contributed by atoms with van der Waals surface area (Å²) in [6.45, 7) is 3.23. The lowest BCUT2D eigenvalue weighted by molar-refractivity contribution is -0.136. The Hall–Kier alpha value is -1.69. The maximum absolute atomic E-state index is 13.9. The van der Waals surface area contributed by atoms with Crippen molar-refractivity contribution in [2.45, 2.75) is 32.4 Å². The number of amides is 1. The first kappa shape index (κ1) is 15.7. The molecule has 1 aliphatic rings. The highest BCUT2D eigenvalue weighted by Crippen LogP contribution is 2.25. The number of carbonyl (C=O) groups excluding carboxylic acids is 1. The highest BCUT2D eigenvalue weighted by atomic mass is 19.1. The quantitative estimate of drug-likeness (QED) is 0.905. The van der Waals surface area contributed by atoms with E-state index >= 15 is 0 Å². The molecule has 1 N–H and O–H groups in total. The summed E-state index contributed by atoms with van der Waals surface area (Å²) >= 11 is 0. The van der Waals surface area contributed by atoms with Crippen LogP contribution in [0.5, 0.6) is 5.75 Å². The zero-order valence-corrected chi connectivity index (χ0v) is 12.3. The van der Waals surface area contributed by atoms with Crippen LogP contribution >= 0.6 is 0 Å². The van der Waals surface area contributed by atoms with Gasteiger partial charge in [-0.15, -0.1) is 0 Å².